The number of nitrogens with one attached hydrogen (secondary N) is 1. The summed E-state index contributed by atoms with van der Waals surface area (Å²) >= 11 is 0. The zero-order valence-corrected chi connectivity index (χ0v) is 17.8. The summed E-state index contributed by atoms with van der Waals surface area (Å²) in [6.45, 7) is 6.06. The number of ether oxygens (including phenoxy) is 2. The first-order valence-electron chi connectivity index (χ1n) is 10.0. The number of amides is 1. The molecule has 0 unspecified atom stereocenters. The van der Waals surface area contributed by atoms with E-state index in [-0.39, 0.29) is 17.5 Å². The molecule has 0 atom stereocenters. The average Bonchev–Trinajstić information content (AvgIpc) is 2.73. The first-order chi connectivity index (χ1) is 14.8. The van der Waals surface area contributed by atoms with Crippen LogP contribution in [0.1, 0.15) is 49.5 Å². The van der Waals surface area contributed by atoms with Gasteiger partial charge in [0.25, 0.3) is 11.6 Å². The van der Waals surface area contributed by atoms with Gasteiger partial charge in [0.1, 0.15) is 11.4 Å². The van der Waals surface area contributed by atoms with Gasteiger partial charge in [-0.3, -0.25) is 14.9 Å². The van der Waals surface area contributed by atoms with Crippen LogP contribution >= 0.6 is 0 Å². The highest BCUT2D eigenvalue weighted by atomic mass is 16.6. The van der Waals surface area contributed by atoms with Gasteiger partial charge in [-0.1, -0.05) is 13.3 Å². The van der Waals surface area contributed by atoms with Crippen molar-refractivity contribution in [2.45, 2.75) is 39.7 Å². The minimum atomic E-state index is -0.707. The summed E-state index contributed by atoms with van der Waals surface area (Å²) < 4.78 is 10.8. The van der Waals surface area contributed by atoms with Gasteiger partial charge in [0, 0.05) is 17.7 Å². The first kappa shape index (κ1) is 23.6. The number of rotatable bonds is 10. The molecule has 0 aliphatic heterocycles. The third-order valence-corrected chi connectivity index (χ3v) is 4.11. The molecule has 0 aliphatic carbocycles. The minimum absolute atomic E-state index is 0.0733. The van der Waals surface area contributed by atoms with Gasteiger partial charge in [-0.25, -0.2) is 4.79 Å². The topological polar surface area (TPSA) is 108 Å². The fourth-order valence-electron chi connectivity index (χ4n) is 2.51. The van der Waals surface area contributed by atoms with Crippen molar-refractivity contribution in [1.29, 1.82) is 0 Å². The van der Waals surface area contributed by atoms with Gasteiger partial charge in [0.15, 0.2) is 0 Å². The molecule has 2 aromatic carbocycles. The molecule has 2 rings (SSSR count). The molecule has 0 heterocycles. The lowest BCUT2D eigenvalue weighted by Gasteiger charge is -2.13. The van der Waals surface area contributed by atoms with Gasteiger partial charge in [0.05, 0.1) is 17.6 Å². The van der Waals surface area contributed by atoms with E-state index in [1.165, 1.54) is 30.3 Å². The molecule has 0 radical (unpaired) electrons. The van der Waals surface area contributed by atoms with E-state index in [0.29, 0.717) is 23.5 Å². The summed E-state index contributed by atoms with van der Waals surface area (Å²) in [6.07, 6.45) is 2.99. The van der Waals surface area contributed by atoms with Crippen LogP contribution in [0.3, 0.4) is 0 Å². The van der Waals surface area contributed by atoms with E-state index in [2.05, 4.69) is 12.2 Å². The second kappa shape index (κ2) is 11.5. The van der Waals surface area contributed by atoms with E-state index < -0.39 is 16.8 Å². The van der Waals surface area contributed by atoms with Crippen LogP contribution in [0.2, 0.25) is 0 Å². The summed E-state index contributed by atoms with van der Waals surface area (Å²) in [5.41, 5.74) is 0.695. The van der Waals surface area contributed by atoms with Crippen LogP contribution in [0.15, 0.2) is 54.2 Å². The number of non-ortho nitro benzene ring substituents is 1. The predicted molar refractivity (Wildman–Crippen MR) is 117 cm³/mol. The Bertz CT molecular complexity index is 934. The molecule has 0 aliphatic rings. The highest BCUT2D eigenvalue weighted by Gasteiger charge is 2.17. The van der Waals surface area contributed by atoms with Gasteiger partial charge in [-0.2, -0.15) is 0 Å². The number of esters is 1. The van der Waals surface area contributed by atoms with Crippen molar-refractivity contribution >= 4 is 23.6 Å². The third kappa shape index (κ3) is 7.58. The molecule has 8 nitrogen and oxygen atoms in total. The van der Waals surface area contributed by atoms with E-state index in [1.54, 1.807) is 38.1 Å². The molecule has 164 valence electrons. The number of benzene rings is 2. The first-order valence-corrected chi connectivity index (χ1v) is 10.0. The van der Waals surface area contributed by atoms with E-state index in [9.17, 15) is 19.7 Å². The van der Waals surface area contributed by atoms with Crippen LogP contribution in [0.5, 0.6) is 5.75 Å². The Labute approximate surface area is 181 Å². The van der Waals surface area contributed by atoms with Gasteiger partial charge >= 0.3 is 5.97 Å². The molecule has 0 bridgehead atoms. The number of hydrogen-bond donors (Lipinski definition) is 1. The number of nitro benzene ring substituents is 1. The van der Waals surface area contributed by atoms with Crippen LogP contribution in [0, 0.1) is 10.1 Å². The van der Waals surface area contributed by atoms with Crippen molar-refractivity contribution in [3.05, 3.63) is 75.5 Å². The van der Waals surface area contributed by atoms with Crippen LogP contribution in [-0.4, -0.2) is 29.5 Å². The molecule has 1 amide bonds. The Morgan fingerprint density at radius 2 is 1.74 bits per heavy atom. The molecule has 0 aromatic heterocycles. The Hall–Kier alpha value is -3.68. The van der Waals surface area contributed by atoms with Crippen molar-refractivity contribution in [1.82, 2.24) is 5.32 Å². The number of nitrogens with zero attached hydrogens (tertiary/aromatic N) is 1. The monoisotopic (exact) mass is 426 g/mol. The average molecular weight is 426 g/mol. The second-order valence-corrected chi connectivity index (χ2v) is 7.04. The zero-order chi connectivity index (χ0) is 22.8. The smallest absolute Gasteiger partial charge is 0.355 e. The molecule has 2 aromatic rings. The molecular weight excluding hydrogens is 400 g/mol. The highest BCUT2D eigenvalue weighted by molar-refractivity contribution is 6.03. The molecule has 0 fully saturated rings. The maximum Gasteiger partial charge on any atom is 0.355 e. The van der Waals surface area contributed by atoms with Gasteiger partial charge in [-0.15, -0.1) is 0 Å². The second-order valence-electron chi connectivity index (χ2n) is 7.04. The van der Waals surface area contributed by atoms with Crippen LogP contribution in [0.4, 0.5) is 5.69 Å². The van der Waals surface area contributed by atoms with Gasteiger partial charge in [0.2, 0.25) is 0 Å². The van der Waals surface area contributed by atoms with Crippen LogP contribution in [-0.2, 0) is 9.53 Å². The Kier molecular flexibility index (Phi) is 8.75. The standard InChI is InChI=1S/C23H26N2O6/c1-4-5-14-30-20-12-8-18(9-13-20)22(26)24-21(23(27)31-16(2)3)15-17-6-10-19(11-7-17)25(28)29/h6-13,15-16H,4-5,14H2,1-3H3,(H,24,26). The van der Waals surface area contributed by atoms with Crippen LogP contribution < -0.4 is 10.1 Å². The maximum absolute atomic E-state index is 12.7. The largest absolute Gasteiger partial charge is 0.494 e. The minimum Gasteiger partial charge on any atom is -0.494 e. The SMILES string of the molecule is CCCCOc1ccc(C(=O)NC(=Cc2ccc([N+](=O)[O-])cc2)C(=O)OC(C)C)cc1. The fourth-order valence-corrected chi connectivity index (χ4v) is 2.51. The van der Waals surface area contributed by atoms with E-state index in [0.717, 1.165) is 12.8 Å². The zero-order valence-electron chi connectivity index (χ0n) is 17.8. The van der Waals surface area contributed by atoms with Gasteiger partial charge in [-0.05, 0) is 68.3 Å². The fraction of sp³-hybridized carbons (Fsp3) is 0.304. The van der Waals surface area contributed by atoms with E-state index in [4.69, 9.17) is 9.47 Å². The number of carbonyl (C=O) groups excluding carboxylic acids is 2. The van der Waals surface area contributed by atoms with Crippen molar-refractivity contribution in [2.75, 3.05) is 6.61 Å². The maximum atomic E-state index is 12.7. The third-order valence-electron chi connectivity index (χ3n) is 4.11. The number of hydrogen-bond acceptors (Lipinski definition) is 6. The lowest BCUT2D eigenvalue weighted by Crippen LogP contribution is -2.29. The Morgan fingerprint density at radius 1 is 1.10 bits per heavy atom. The van der Waals surface area contributed by atoms with E-state index in [1.807, 2.05) is 0 Å². The highest BCUT2D eigenvalue weighted by Crippen LogP contribution is 2.16. The summed E-state index contributed by atoms with van der Waals surface area (Å²) in [4.78, 5) is 35.4. The van der Waals surface area contributed by atoms with E-state index >= 15 is 0 Å². The van der Waals surface area contributed by atoms with Crippen molar-refractivity contribution in [2.24, 2.45) is 0 Å². The molecule has 0 spiro atoms. The van der Waals surface area contributed by atoms with Crippen LogP contribution in [0.25, 0.3) is 6.08 Å². The molecule has 8 heteroatoms. The normalized spacial score (nSPS) is 11.2. The molecule has 1 N–H and O–H groups in total. The molecule has 0 saturated carbocycles. The summed E-state index contributed by atoms with van der Waals surface area (Å²) in [7, 11) is 0. The Balaban J connectivity index is 2.19. The Morgan fingerprint density at radius 3 is 2.29 bits per heavy atom. The van der Waals surface area contributed by atoms with Crippen molar-refractivity contribution in [3.8, 4) is 5.75 Å². The quantitative estimate of drug-likeness (QED) is 0.197. The lowest BCUT2D eigenvalue weighted by atomic mass is 10.1. The number of unbranched alkanes of at least 4 members (excludes halogenated alkanes) is 1. The molecular formula is C23H26N2O6. The van der Waals surface area contributed by atoms with Crippen molar-refractivity contribution < 1.29 is 24.0 Å². The molecule has 31 heavy (non-hydrogen) atoms. The number of nitro groups is 1. The summed E-state index contributed by atoms with van der Waals surface area (Å²) in [5, 5.41) is 13.4. The predicted octanol–water partition coefficient (Wildman–Crippen LogP) is 4.50. The van der Waals surface area contributed by atoms with Gasteiger partial charge < -0.3 is 14.8 Å². The van der Waals surface area contributed by atoms with Crippen molar-refractivity contribution in [3.63, 3.8) is 0 Å². The lowest BCUT2D eigenvalue weighted by molar-refractivity contribution is -0.384. The molecule has 0 saturated heterocycles. The number of carbonyl (C=O) groups is 2. The summed E-state index contributed by atoms with van der Waals surface area (Å²) in [5.74, 6) is -0.541. The summed E-state index contributed by atoms with van der Waals surface area (Å²) in [6, 6.07) is 12.2.